The van der Waals surface area contributed by atoms with Gasteiger partial charge in [0.1, 0.15) is 13.2 Å². The lowest BCUT2D eigenvalue weighted by Gasteiger charge is -2.18. The Morgan fingerprint density at radius 1 is 0.292 bits per heavy atom. The van der Waals surface area contributed by atoms with Gasteiger partial charge in [-0.05, 0) is 109 Å². The minimum Gasteiger partial charge on any atom is -0.462 e. The predicted octanol–water partition coefficient (Wildman–Crippen LogP) is 20.0. The summed E-state index contributed by atoms with van der Waals surface area (Å²) in [5, 5.41) is 0. The Hall–Kier alpha value is -4.19. The van der Waals surface area contributed by atoms with Crippen molar-refractivity contribution >= 4 is 17.9 Å². The molecule has 408 valence electrons. The Bertz CT molecular complexity index is 1520. The first-order valence-corrected chi connectivity index (χ1v) is 29.5. The highest BCUT2D eigenvalue weighted by Crippen LogP contribution is 2.14. The molecule has 0 amide bonds. The van der Waals surface area contributed by atoms with Crippen molar-refractivity contribution in [3.63, 3.8) is 0 Å². The first kappa shape index (κ1) is 67.8. The van der Waals surface area contributed by atoms with Crippen LogP contribution in [0, 0.1) is 0 Å². The highest BCUT2D eigenvalue weighted by Gasteiger charge is 2.19. The Morgan fingerprint density at radius 3 is 0.917 bits per heavy atom. The summed E-state index contributed by atoms with van der Waals surface area (Å²) in [5.41, 5.74) is 0. The van der Waals surface area contributed by atoms with Crippen LogP contribution in [-0.2, 0) is 28.6 Å². The van der Waals surface area contributed by atoms with Crippen molar-refractivity contribution < 1.29 is 28.6 Å². The molecular weight excluding hydrogens is 889 g/mol. The monoisotopic (exact) mass is 997 g/mol. The van der Waals surface area contributed by atoms with Crippen LogP contribution in [0.1, 0.15) is 258 Å². The lowest BCUT2D eigenvalue weighted by molar-refractivity contribution is -0.167. The highest BCUT2D eigenvalue weighted by molar-refractivity contribution is 5.71. The summed E-state index contributed by atoms with van der Waals surface area (Å²) in [7, 11) is 0. The number of allylic oxidation sites excluding steroid dienone is 20. The van der Waals surface area contributed by atoms with E-state index in [1.165, 1.54) is 96.3 Å². The minimum absolute atomic E-state index is 0.0997. The van der Waals surface area contributed by atoms with Crippen LogP contribution in [0.4, 0.5) is 0 Å². The molecule has 0 aromatic heterocycles. The molecular formula is C66H108O6. The Kier molecular flexibility index (Phi) is 55.9. The second-order valence-electron chi connectivity index (χ2n) is 19.2. The molecule has 0 saturated heterocycles. The maximum absolute atomic E-state index is 12.8. The summed E-state index contributed by atoms with van der Waals surface area (Å²) in [6.45, 7) is 6.45. The van der Waals surface area contributed by atoms with E-state index in [9.17, 15) is 14.4 Å². The molecule has 1 atom stereocenters. The summed E-state index contributed by atoms with van der Waals surface area (Å²) in [5.74, 6) is -0.973. The van der Waals surface area contributed by atoms with Crippen LogP contribution < -0.4 is 0 Å². The Balaban J connectivity index is 4.39. The smallest absolute Gasteiger partial charge is 0.306 e. The number of esters is 3. The van der Waals surface area contributed by atoms with Crippen LogP contribution in [0.5, 0.6) is 0 Å². The molecule has 0 spiro atoms. The van der Waals surface area contributed by atoms with E-state index < -0.39 is 6.10 Å². The van der Waals surface area contributed by atoms with Crippen LogP contribution in [0.2, 0.25) is 0 Å². The molecule has 0 aliphatic carbocycles. The molecule has 0 rings (SSSR count). The van der Waals surface area contributed by atoms with E-state index in [-0.39, 0.29) is 37.5 Å². The molecule has 0 aromatic carbocycles. The van der Waals surface area contributed by atoms with E-state index in [1.807, 2.05) is 0 Å². The first-order valence-electron chi connectivity index (χ1n) is 29.5. The third-order valence-corrected chi connectivity index (χ3v) is 12.2. The SMILES string of the molecule is CC/C=C\C/C=C\C/C=C\C/C=C\C/C=C\C/C=C\C/C=C\C/C=C\C/C=C\CCCC(=O)OCC(COC(=O)CCCCCCCCCCCC)OC(=O)CCCCCCC/C=C\CCCCCCCC. The topological polar surface area (TPSA) is 78.9 Å². The van der Waals surface area contributed by atoms with Gasteiger partial charge in [0.2, 0.25) is 0 Å². The van der Waals surface area contributed by atoms with E-state index >= 15 is 0 Å². The molecule has 6 nitrogen and oxygen atoms in total. The van der Waals surface area contributed by atoms with E-state index in [1.54, 1.807) is 0 Å². The van der Waals surface area contributed by atoms with Gasteiger partial charge in [-0.1, -0.05) is 251 Å². The van der Waals surface area contributed by atoms with Gasteiger partial charge in [-0.15, -0.1) is 0 Å². The maximum Gasteiger partial charge on any atom is 0.306 e. The van der Waals surface area contributed by atoms with E-state index in [4.69, 9.17) is 14.2 Å². The van der Waals surface area contributed by atoms with E-state index in [0.29, 0.717) is 19.3 Å². The summed E-state index contributed by atoms with van der Waals surface area (Å²) in [6, 6.07) is 0. The van der Waals surface area contributed by atoms with Gasteiger partial charge in [-0.3, -0.25) is 14.4 Å². The standard InChI is InChI=1S/C66H108O6/c1-4-7-10-13-16-19-22-24-26-27-28-29-30-31-32-33-34-35-36-37-38-39-41-42-44-47-50-53-56-59-65(68)71-62-63(61-70-64(67)58-55-52-49-46-21-18-15-12-9-6-3)72-66(69)60-57-54-51-48-45-43-40-25-23-20-17-14-11-8-5-2/h7,10,16,19,24-26,28-29,31-32,34-35,37-38,40-42,47,50,63H,4-6,8-9,11-15,17-18,20-23,27,30,33,36,39,43-46,48-49,51-62H2,1-3H3/b10-7-,19-16-,26-24-,29-28-,32-31-,35-34-,38-37-,40-25-,42-41-,50-47-. The minimum atomic E-state index is -0.806. The lowest BCUT2D eigenvalue weighted by atomic mass is 10.1. The largest absolute Gasteiger partial charge is 0.462 e. The zero-order valence-electron chi connectivity index (χ0n) is 46.7. The molecule has 0 bridgehead atoms. The normalized spacial score (nSPS) is 13.0. The van der Waals surface area contributed by atoms with Gasteiger partial charge in [0, 0.05) is 19.3 Å². The van der Waals surface area contributed by atoms with Gasteiger partial charge in [0.25, 0.3) is 0 Å². The zero-order chi connectivity index (χ0) is 52.2. The van der Waals surface area contributed by atoms with Crippen molar-refractivity contribution in [2.24, 2.45) is 0 Å². The molecule has 6 heteroatoms. The van der Waals surface area contributed by atoms with Crippen molar-refractivity contribution in [3.8, 4) is 0 Å². The maximum atomic E-state index is 12.8. The second kappa shape index (κ2) is 59.4. The van der Waals surface area contributed by atoms with E-state index in [2.05, 4.69) is 142 Å². The summed E-state index contributed by atoms with van der Waals surface area (Å²) < 4.78 is 16.8. The predicted molar refractivity (Wildman–Crippen MR) is 311 cm³/mol. The summed E-state index contributed by atoms with van der Waals surface area (Å²) in [4.78, 5) is 38.0. The number of ether oxygens (including phenoxy) is 3. The van der Waals surface area contributed by atoms with Crippen LogP contribution in [0.3, 0.4) is 0 Å². The van der Waals surface area contributed by atoms with Crippen LogP contribution in [-0.4, -0.2) is 37.2 Å². The molecule has 0 aromatic rings. The fraction of sp³-hybridized carbons (Fsp3) is 0.652. The molecule has 0 heterocycles. The first-order chi connectivity index (χ1) is 35.5. The molecule has 0 aliphatic rings. The number of carbonyl (C=O) groups excluding carboxylic acids is 3. The van der Waals surface area contributed by atoms with Gasteiger partial charge < -0.3 is 14.2 Å². The Morgan fingerprint density at radius 2 is 0.556 bits per heavy atom. The van der Waals surface area contributed by atoms with Crippen molar-refractivity contribution in [2.75, 3.05) is 13.2 Å². The van der Waals surface area contributed by atoms with Crippen LogP contribution >= 0.6 is 0 Å². The average Bonchev–Trinajstić information content (AvgIpc) is 3.38. The molecule has 1 unspecified atom stereocenters. The number of hydrogen-bond donors (Lipinski definition) is 0. The van der Waals surface area contributed by atoms with Gasteiger partial charge in [-0.2, -0.15) is 0 Å². The number of unbranched alkanes of at least 4 members (excludes halogenated alkanes) is 21. The lowest BCUT2D eigenvalue weighted by Crippen LogP contribution is -2.30. The number of hydrogen-bond acceptors (Lipinski definition) is 6. The van der Waals surface area contributed by atoms with Gasteiger partial charge in [-0.25, -0.2) is 0 Å². The molecule has 0 aliphatic heterocycles. The van der Waals surface area contributed by atoms with Crippen molar-refractivity contribution in [1.82, 2.24) is 0 Å². The Labute approximate surface area is 443 Å². The number of rotatable bonds is 52. The van der Waals surface area contributed by atoms with Crippen molar-refractivity contribution in [2.45, 2.75) is 264 Å². The molecule has 0 saturated carbocycles. The molecule has 72 heavy (non-hydrogen) atoms. The highest BCUT2D eigenvalue weighted by atomic mass is 16.6. The average molecular weight is 998 g/mol. The fourth-order valence-corrected chi connectivity index (χ4v) is 7.79. The van der Waals surface area contributed by atoms with Gasteiger partial charge in [0.05, 0.1) is 0 Å². The molecule has 0 radical (unpaired) electrons. The van der Waals surface area contributed by atoms with Crippen LogP contribution in [0.25, 0.3) is 0 Å². The van der Waals surface area contributed by atoms with E-state index in [0.717, 1.165) is 116 Å². The van der Waals surface area contributed by atoms with Crippen LogP contribution in [0.15, 0.2) is 122 Å². The second-order valence-corrected chi connectivity index (χ2v) is 19.2. The van der Waals surface area contributed by atoms with Crippen molar-refractivity contribution in [3.05, 3.63) is 122 Å². The third-order valence-electron chi connectivity index (χ3n) is 12.2. The third kappa shape index (κ3) is 56.7. The van der Waals surface area contributed by atoms with Gasteiger partial charge in [0.15, 0.2) is 6.10 Å². The number of carbonyl (C=O) groups is 3. The summed E-state index contributed by atoms with van der Waals surface area (Å²) >= 11 is 0. The molecule has 0 fully saturated rings. The fourth-order valence-electron chi connectivity index (χ4n) is 7.79. The van der Waals surface area contributed by atoms with Crippen molar-refractivity contribution in [1.29, 1.82) is 0 Å². The zero-order valence-corrected chi connectivity index (χ0v) is 46.7. The summed E-state index contributed by atoms with van der Waals surface area (Å²) in [6.07, 6.45) is 82.0. The van der Waals surface area contributed by atoms with Gasteiger partial charge >= 0.3 is 17.9 Å². The molecule has 0 N–H and O–H groups in total. The quantitative estimate of drug-likeness (QED) is 0.0261.